The van der Waals surface area contributed by atoms with Gasteiger partial charge in [0.05, 0.1) is 11.9 Å². The molecule has 19 heavy (non-hydrogen) atoms. The average Bonchev–Trinajstić information content (AvgIpc) is 2.38. The molecule has 2 amide bonds. The first-order chi connectivity index (χ1) is 9.02. The Morgan fingerprint density at radius 1 is 1.53 bits per heavy atom. The van der Waals surface area contributed by atoms with E-state index in [-0.39, 0.29) is 23.8 Å². The third-order valence-electron chi connectivity index (χ3n) is 2.85. The van der Waals surface area contributed by atoms with Crippen LogP contribution in [0.2, 0.25) is 0 Å². The third kappa shape index (κ3) is 2.83. The van der Waals surface area contributed by atoms with Gasteiger partial charge in [-0.2, -0.15) is 5.10 Å². The quantitative estimate of drug-likeness (QED) is 0.775. The van der Waals surface area contributed by atoms with Crippen molar-refractivity contribution in [1.82, 2.24) is 15.1 Å². The Balaban J connectivity index is 2.20. The highest BCUT2D eigenvalue weighted by Crippen LogP contribution is 2.19. The fourth-order valence-electron chi connectivity index (χ4n) is 1.81. The van der Waals surface area contributed by atoms with Crippen molar-refractivity contribution in [2.75, 3.05) is 5.32 Å². The van der Waals surface area contributed by atoms with Gasteiger partial charge in [0, 0.05) is 13.0 Å². The van der Waals surface area contributed by atoms with Crippen LogP contribution < -0.4 is 16.2 Å². The summed E-state index contributed by atoms with van der Waals surface area (Å²) < 4.78 is 1.63. The number of rotatable bonds is 3. The molecule has 102 valence electrons. The Hall–Kier alpha value is -1.70. The largest absolute Gasteiger partial charge is 0.371 e. The van der Waals surface area contributed by atoms with Crippen LogP contribution in [0, 0.1) is 0 Å². The summed E-state index contributed by atoms with van der Waals surface area (Å²) in [5.74, 6) is -0.663. The minimum atomic E-state index is -0.535. The zero-order valence-corrected chi connectivity index (χ0v) is 11.9. The molecule has 2 N–H and O–H groups in total. The average molecular weight is 329 g/mol. The van der Waals surface area contributed by atoms with Gasteiger partial charge in [-0.25, -0.2) is 4.68 Å². The molecule has 8 heteroatoms. The van der Waals surface area contributed by atoms with Crippen LogP contribution >= 0.6 is 15.9 Å². The van der Waals surface area contributed by atoms with Gasteiger partial charge >= 0.3 is 0 Å². The number of carbonyl (C=O) groups excluding carboxylic acids is 2. The third-order valence-corrected chi connectivity index (χ3v) is 3.62. The van der Waals surface area contributed by atoms with Gasteiger partial charge < -0.3 is 5.32 Å². The first-order valence-electron chi connectivity index (χ1n) is 5.88. The van der Waals surface area contributed by atoms with E-state index in [4.69, 9.17) is 0 Å². The molecule has 2 rings (SSSR count). The fraction of sp³-hybridized carbons (Fsp3) is 0.455. The van der Waals surface area contributed by atoms with Crippen molar-refractivity contribution in [1.29, 1.82) is 0 Å². The second kappa shape index (κ2) is 5.52. The molecule has 1 fully saturated rings. The predicted octanol–water partition coefficient (Wildman–Crippen LogP) is 0.243. The van der Waals surface area contributed by atoms with Crippen LogP contribution in [-0.2, 0) is 16.1 Å². The Morgan fingerprint density at radius 3 is 2.89 bits per heavy atom. The van der Waals surface area contributed by atoms with Gasteiger partial charge in [-0.05, 0) is 29.3 Å². The standard InChI is InChI=1S/C11H13BrN4O3/c1-2-16-11(19)9(12)7(5-13-16)14-6-3-4-8(17)15-10(6)18/h5-6,14H,2-4H2,1H3,(H,15,17,18). The Morgan fingerprint density at radius 2 is 2.26 bits per heavy atom. The van der Waals surface area contributed by atoms with Gasteiger partial charge in [-0.1, -0.05) is 0 Å². The van der Waals surface area contributed by atoms with E-state index in [2.05, 4.69) is 31.7 Å². The number of aromatic nitrogens is 2. The van der Waals surface area contributed by atoms with E-state index < -0.39 is 6.04 Å². The molecule has 0 radical (unpaired) electrons. The Labute approximate surface area is 117 Å². The summed E-state index contributed by atoms with van der Waals surface area (Å²) in [6.45, 7) is 2.28. The van der Waals surface area contributed by atoms with Crippen molar-refractivity contribution >= 4 is 33.4 Å². The first kappa shape index (κ1) is 13.7. The van der Waals surface area contributed by atoms with Gasteiger partial charge in [0.1, 0.15) is 10.5 Å². The topological polar surface area (TPSA) is 93.1 Å². The van der Waals surface area contributed by atoms with Crippen LogP contribution in [0.3, 0.4) is 0 Å². The molecule has 1 saturated heterocycles. The van der Waals surface area contributed by atoms with Crippen molar-refractivity contribution in [3.63, 3.8) is 0 Å². The number of hydrogen-bond acceptors (Lipinski definition) is 5. The maximum atomic E-state index is 11.9. The summed E-state index contributed by atoms with van der Waals surface area (Å²) >= 11 is 3.20. The van der Waals surface area contributed by atoms with Crippen LogP contribution in [0.5, 0.6) is 0 Å². The lowest BCUT2D eigenvalue weighted by Crippen LogP contribution is -2.47. The van der Waals surface area contributed by atoms with Gasteiger partial charge in [-0.15, -0.1) is 0 Å². The molecule has 1 aliphatic rings. The van der Waals surface area contributed by atoms with Crippen LogP contribution in [0.4, 0.5) is 5.69 Å². The summed E-state index contributed by atoms with van der Waals surface area (Å²) in [6, 6.07) is -0.535. The smallest absolute Gasteiger partial charge is 0.283 e. The minimum absolute atomic E-state index is 0.264. The first-order valence-corrected chi connectivity index (χ1v) is 6.68. The van der Waals surface area contributed by atoms with E-state index in [0.717, 1.165) is 0 Å². The summed E-state index contributed by atoms with van der Waals surface area (Å²) in [7, 11) is 0. The number of hydrogen-bond donors (Lipinski definition) is 2. The van der Waals surface area contributed by atoms with E-state index in [1.807, 2.05) is 6.92 Å². The molecular weight excluding hydrogens is 316 g/mol. The lowest BCUT2D eigenvalue weighted by atomic mass is 10.1. The van der Waals surface area contributed by atoms with E-state index in [1.165, 1.54) is 10.9 Å². The highest BCUT2D eigenvalue weighted by Gasteiger charge is 2.27. The molecule has 0 aromatic carbocycles. The van der Waals surface area contributed by atoms with Crippen molar-refractivity contribution in [2.24, 2.45) is 0 Å². The van der Waals surface area contributed by atoms with E-state index in [0.29, 0.717) is 23.1 Å². The molecule has 1 aromatic rings. The number of anilines is 1. The molecule has 1 aliphatic heterocycles. The zero-order chi connectivity index (χ0) is 14.0. The maximum absolute atomic E-state index is 11.9. The van der Waals surface area contributed by atoms with Crippen molar-refractivity contribution in [2.45, 2.75) is 32.4 Å². The monoisotopic (exact) mass is 328 g/mol. The molecule has 0 spiro atoms. The molecule has 0 aliphatic carbocycles. The van der Waals surface area contributed by atoms with E-state index >= 15 is 0 Å². The molecule has 0 bridgehead atoms. The Kier molecular flexibility index (Phi) is 3.98. The summed E-state index contributed by atoms with van der Waals surface area (Å²) in [5, 5.41) is 9.15. The fourth-order valence-corrected chi connectivity index (χ4v) is 2.23. The lowest BCUT2D eigenvalue weighted by molar-refractivity contribution is -0.133. The van der Waals surface area contributed by atoms with Crippen LogP contribution in [0.1, 0.15) is 19.8 Å². The number of amides is 2. The van der Waals surface area contributed by atoms with Gasteiger partial charge in [0.25, 0.3) is 5.56 Å². The molecule has 1 unspecified atom stereocenters. The molecule has 7 nitrogen and oxygen atoms in total. The SMILES string of the molecule is CCn1ncc(NC2CCC(=O)NC2=O)c(Br)c1=O. The summed E-state index contributed by atoms with van der Waals surface area (Å²) in [5.41, 5.74) is 0.184. The van der Waals surface area contributed by atoms with E-state index in [9.17, 15) is 14.4 Å². The second-order valence-electron chi connectivity index (χ2n) is 4.14. The van der Waals surface area contributed by atoms with Crippen LogP contribution in [0.25, 0.3) is 0 Å². The normalized spacial score (nSPS) is 19.2. The molecule has 2 heterocycles. The number of nitrogens with one attached hydrogen (secondary N) is 2. The molecule has 0 saturated carbocycles. The maximum Gasteiger partial charge on any atom is 0.283 e. The number of aryl methyl sites for hydroxylation is 1. The number of nitrogens with zero attached hydrogens (tertiary/aromatic N) is 2. The lowest BCUT2D eigenvalue weighted by Gasteiger charge is -2.23. The second-order valence-corrected chi connectivity index (χ2v) is 4.93. The number of carbonyl (C=O) groups is 2. The predicted molar refractivity (Wildman–Crippen MR) is 71.7 cm³/mol. The highest BCUT2D eigenvalue weighted by atomic mass is 79.9. The molecule has 1 aromatic heterocycles. The zero-order valence-electron chi connectivity index (χ0n) is 10.3. The van der Waals surface area contributed by atoms with Gasteiger partial charge in [-0.3, -0.25) is 19.7 Å². The van der Waals surface area contributed by atoms with Gasteiger partial charge in [0.2, 0.25) is 11.8 Å². The van der Waals surface area contributed by atoms with Crippen LogP contribution in [0.15, 0.2) is 15.5 Å². The Bertz CT molecular complexity index is 584. The summed E-state index contributed by atoms with van der Waals surface area (Å²) in [4.78, 5) is 34.5. The van der Waals surface area contributed by atoms with Crippen molar-refractivity contribution in [3.05, 3.63) is 21.0 Å². The van der Waals surface area contributed by atoms with Crippen molar-refractivity contribution in [3.8, 4) is 0 Å². The van der Waals surface area contributed by atoms with Gasteiger partial charge in [0.15, 0.2) is 0 Å². The number of halogens is 1. The number of piperidine rings is 1. The highest BCUT2D eigenvalue weighted by molar-refractivity contribution is 9.10. The van der Waals surface area contributed by atoms with Crippen molar-refractivity contribution < 1.29 is 9.59 Å². The number of imide groups is 1. The summed E-state index contributed by atoms with van der Waals surface area (Å²) in [6.07, 6.45) is 2.16. The van der Waals surface area contributed by atoms with Crippen LogP contribution in [-0.4, -0.2) is 27.6 Å². The molecular formula is C11H13BrN4O3. The molecule has 1 atom stereocenters. The van der Waals surface area contributed by atoms with E-state index in [1.54, 1.807) is 0 Å². The minimum Gasteiger partial charge on any atom is -0.371 e.